The normalized spacial score (nSPS) is 21.3. The van der Waals surface area contributed by atoms with Gasteiger partial charge in [0.1, 0.15) is 0 Å². The number of halogens is 1. The molecule has 2 aromatic heterocycles. The van der Waals surface area contributed by atoms with Gasteiger partial charge in [-0.2, -0.15) is 0 Å². The molecule has 0 unspecified atom stereocenters. The molecule has 2 atom stereocenters. The Morgan fingerprint density at radius 1 is 0.903 bits per heavy atom. The fraction of sp³-hybridized carbons (Fsp3) is 0.259. The van der Waals surface area contributed by atoms with E-state index >= 15 is 0 Å². The number of benzene rings is 3. The lowest BCUT2D eigenvalue weighted by molar-refractivity contribution is 0.276. The molecule has 0 spiro atoms. The van der Waals surface area contributed by atoms with Crippen LogP contribution in [0.15, 0.2) is 60.7 Å². The van der Waals surface area contributed by atoms with Crippen molar-refractivity contribution in [3.05, 3.63) is 76.9 Å². The molecule has 3 aromatic carbocycles. The average Bonchev–Trinajstić information content (AvgIpc) is 3.39. The molecule has 4 heterocycles. The topological polar surface area (TPSA) is 21.9 Å². The van der Waals surface area contributed by atoms with Crippen molar-refractivity contribution in [3.63, 3.8) is 0 Å². The standard InChI is InChI=1S/C27H24ClN3/c1-27(2)17-14-31-20-11-7-5-9-16(20)24(28)26(31)25(17)29-18-12-13-21-22(23(18)27)15-8-4-6-10-19(15)30(21)3/h4-13,17,25,29H,14H2,1-3H3/t17-,25-/m1/s1. The number of hydrogen-bond acceptors (Lipinski definition) is 1. The Bertz CT molecular complexity index is 1550. The van der Waals surface area contributed by atoms with Gasteiger partial charge in [-0.05, 0) is 35.2 Å². The fourth-order valence-electron chi connectivity index (χ4n) is 6.48. The Morgan fingerprint density at radius 3 is 2.42 bits per heavy atom. The van der Waals surface area contributed by atoms with Crippen LogP contribution in [0, 0.1) is 5.92 Å². The van der Waals surface area contributed by atoms with Crippen molar-refractivity contribution in [2.24, 2.45) is 13.0 Å². The lowest BCUT2D eigenvalue weighted by atomic mass is 9.66. The van der Waals surface area contributed by atoms with Gasteiger partial charge in [0.15, 0.2) is 0 Å². The molecular formula is C27H24ClN3. The van der Waals surface area contributed by atoms with E-state index in [4.69, 9.17) is 11.6 Å². The van der Waals surface area contributed by atoms with Crippen molar-refractivity contribution in [2.75, 3.05) is 5.32 Å². The Balaban J connectivity index is 1.52. The molecule has 31 heavy (non-hydrogen) atoms. The number of para-hydroxylation sites is 2. The van der Waals surface area contributed by atoms with Crippen molar-refractivity contribution in [2.45, 2.75) is 31.8 Å². The van der Waals surface area contributed by atoms with Gasteiger partial charge in [-0.3, -0.25) is 0 Å². The van der Waals surface area contributed by atoms with E-state index in [1.165, 1.54) is 44.3 Å². The first-order valence-corrected chi connectivity index (χ1v) is 11.4. The third kappa shape index (κ3) is 2.01. The molecule has 2 aliphatic rings. The van der Waals surface area contributed by atoms with E-state index in [-0.39, 0.29) is 11.5 Å². The van der Waals surface area contributed by atoms with Gasteiger partial charge in [-0.1, -0.05) is 61.8 Å². The highest BCUT2D eigenvalue weighted by Crippen LogP contribution is 2.57. The lowest BCUT2D eigenvalue weighted by Crippen LogP contribution is -2.39. The number of nitrogens with zero attached hydrogens (tertiary/aromatic N) is 2. The molecule has 1 N–H and O–H groups in total. The maximum atomic E-state index is 6.95. The second kappa shape index (κ2) is 5.66. The van der Waals surface area contributed by atoms with Crippen molar-refractivity contribution < 1.29 is 0 Å². The van der Waals surface area contributed by atoms with Gasteiger partial charge in [-0.25, -0.2) is 0 Å². The Hall–Kier alpha value is -2.91. The zero-order valence-electron chi connectivity index (χ0n) is 17.9. The predicted molar refractivity (Wildman–Crippen MR) is 130 cm³/mol. The van der Waals surface area contributed by atoms with E-state index < -0.39 is 0 Å². The monoisotopic (exact) mass is 425 g/mol. The summed E-state index contributed by atoms with van der Waals surface area (Å²) in [5.74, 6) is 0.432. The summed E-state index contributed by atoms with van der Waals surface area (Å²) in [5, 5.41) is 8.71. The Labute approximate surface area is 186 Å². The van der Waals surface area contributed by atoms with Crippen LogP contribution >= 0.6 is 11.6 Å². The van der Waals surface area contributed by atoms with E-state index in [1.807, 2.05) is 0 Å². The molecule has 0 aliphatic carbocycles. The zero-order chi connectivity index (χ0) is 21.1. The number of fused-ring (bicyclic) bond motifs is 10. The smallest absolute Gasteiger partial charge is 0.0734 e. The molecule has 0 radical (unpaired) electrons. The van der Waals surface area contributed by atoms with Crippen molar-refractivity contribution in [1.29, 1.82) is 0 Å². The van der Waals surface area contributed by atoms with Crippen LogP contribution in [0.1, 0.15) is 31.1 Å². The Kier molecular flexibility index (Phi) is 3.24. The van der Waals surface area contributed by atoms with Gasteiger partial charge in [0.05, 0.1) is 16.8 Å². The quantitative estimate of drug-likeness (QED) is 0.283. The first-order valence-electron chi connectivity index (χ1n) is 11.0. The highest BCUT2D eigenvalue weighted by Gasteiger charge is 2.50. The zero-order valence-corrected chi connectivity index (χ0v) is 18.7. The predicted octanol–water partition coefficient (Wildman–Crippen LogP) is 7.01. The molecule has 0 saturated carbocycles. The SMILES string of the molecule is Cn1c2ccccc2c2c3c(ccc21)N[C@H]1c2c(Cl)c4ccccc4n2C[C@H]1C3(C)C. The first-order chi connectivity index (χ1) is 15.0. The molecular weight excluding hydrogens is 402 g/mol. The van der Waals surface area contributed by atoms with Crippen molar-refractivity contribution in [3.8, 4) is 0 Å². The molecule has 0 amide bonds. The van der Waals surface area contributed by atoms with Crippen LogP contribution in [-0.2, 0) is 19.0 Å². The minimum Gasteiger partial charge on any atom is -0.376 e. The number of anilines is 1. The van der Waals surface area contributed by atoms with Gasteiger partial charge < -0.3 is 14.5 Å². The van der Waals surface area contributed by atoms with Gasteiger partial charge >= 0.3 is 0 Å². The maximum Gasteiger partial charge on any atom is 0.0734 e. The minimum atomic E-state index is -0.00165. The van der Waals surface area contributed by atoms with Crippen LogP contribution in [-0.4, -0.2) is 9.13 Å². The number of aromatic nitrogens is 2. The highest BCUT2D eigenvalue weighted by atomic mass is 35.5. The largest absolute Gasteiger partial charge is 0.376 e. The van der Waals surface area contributed by atoms with Gasteiger partial charge in [0.25, 0.3) is 0 Å². The molecule has 3 nitrogen and oxygen atoms in total. The van der Waals surface area contributed by atoms with Crippen LogP contribution in [0.3, 0.4) is 0 Å². The maximum absolute atomic E-state index is 6.95. The van der Waals surface area contributed by atoms with Crippen molar-refractivity contribution in [1.82, 2.24) is 9.13 Å². The van der Waals surface area contributed by atoms with Crippen LogP contribution in [0.25, 0.3) is 32.7 Å². The molecule has 0 bridgehead atoms. The van der Waals surface area contributed by atoms with Gasteiger partial charge in [0, 0.05) is 57.9 Å². The number of hydrogen-bond donors (Lipinski definition) is 1. The molecule has 4 heteroatoms. The Morgan fingerprint density at radius 2 is 1.61 bits per heavy atom. The van der Waals surface area contributed by atoms with E-state index in [0.29, 0.717) is 5.92 Å². The average molecular weight is 426 g/mol. The summed E-state index contributed by atoms with van der Waals surface area (Å²) in [6.07, 6.45) is 0. The highest BCUT2D eigenvalue weighted by molar-refractivity contribution is 6.36. The fourth-order valence-corrected chi connectivity index (χ4v) is 6.86. The molecule has 5 aromatic rings. The van der Waals surface area contributed by atoms with E-state index in [1.54, 1.807) is 0 Å². The summed E-state index contributed by atoms with van der Waals surface area (Å²) in [6.45, 7) is 5.83. The van der Waals surface area contributed by atoms with Crippen LogP contribution in [0.4, 0.5) is 5.69 Å². The molecule has 7 rings (SSSR count). The summed E-state index contributed by atoms with van der Waals surface area (Å²) in [7, 11) is 2.18. The second-order valence-electron chi connectivity index (χ2n) is 9.74. The second-order valence-corrected chi connectivity index (χ2v) is 10.1. The summed E-state index contributed by atoms with van der Waals surface area (Å²) in [6, 6.07) is 22.1. The number of rotatable bonds is 0. The van der Waals surface area contributed by atoms with Crippen LogP contribution in [0.5, 0.6) is 0 Å². The summed E-state index contributed by atoms with van der Waals surface area (Å²) in [4.78, 5) is 0. The minimum absolute atomic E-state index is 0.00165. The van der Waals surface area contributed by atoms with Gasteiger partial charge in [0.2, 0.25) is 0 Å². The number of nitrogens with one attached hydrogen (secondary N) is 1. The van der Waals surface area contributed by atoms with Crippen molar-refractivity contribution >= 4 is 50.0 Å². The van der Waals surface area contributed by atoms with E-state index in [9.17, 15) is 0 Å². The molecule has 2 aliphatic heterocycles. The summed E-state index contributed by atoms with van der Waals surface area (Å²) >= 11 is 6.95. The summed E-state index contributed by atoms with van der Waals surface area (Å²) in [5.41, 5.74) is 7.75. The molecule has 0 fully saturated rings. The number of aryl methyl sites for hydroxylation is 1. The first kappa shape index (κ1) is 17.7. The third-order valence-electron chi connectivity index (χ3n) is 7.98. The third-order valence-corrected chi connectivity index (χ3v) is 8.38. The molecule has 0 saturated heterocycles. The molecule has 154 valence electrons. The van der Waals surface area contributed by atoms with Crippen LogP contribution < -0.4 is 5.32 Å². The van der Waals surface area contributed by atoms with Gasteiger partial charge in [-0.15, -0.1) is 0 Å². The summed E-state index contributed by atoms with van der Waals surface area (Å²) < 4.78 is 4.78. The lowest BCUT2D eigenvalue weighted by Gasteiger charge is -2.43. The van der Waals surface area contributed by atoms with Crippen LogP contribution in [0.2, 0.25) is 5.02 Å². The van der Waals surface area contributed by atoms with E-state index in [0.717, 1.165) is 17.0 Å². The van der Waals surface area contributed by atoms with E-state index in [2.05, 4.69) is 96.0 Å².